The standard InChI is InChI=1S/C16H21N3OS/c1-16(2,3)20-15-11(17)9-10-14(19-15)18-12-7-5-6-8-13(12)21-4/h5-10H,17H2,1-4H3,(H,18,19). The number of anilines is 3. The molecule has 0 radical (unpaired) electrons. The van der Waals surface area contributed by atoms with E-state index in [0.717, 1.165) is 10.6 Å². The summed E-state index contributed by atoms with van der Waals surface area (Å²) in [5.74, 6) is 1.17. The minimum absolute atomic E-state index is 0.336. The van der Waals surface area contributed by atoms with Crippen molar-refractivity contribution in [2.75, 3.05) is 17.3 Å². The molecule has 0 saturated heterocycles. The molecule has 0 aliphatic rings. The van der Waals surface area contributed by atoms with Crippen molar-refractivity contribution >= 4 is 29.0 Å². The van der Waals surface area contributed by atoms with Crippen molar-refractivity contribution in [2.45, 2.75) is 31.3 Å². The minimum atomic E-state index is -0.336. The maximum Gasteiger partial charge on any atom is 0.239 e. The molecular formula is C16H21N3OS. The molecule has 0 fully saturated rings. The molecule has 0 bridgehead atoms. The van der Waals surface area contributed by atoms with E-state index in [4.69, 9.17) is 10.5 Å². The highest BCUT2D eigenvalue weighted by Gasteiger charge is 2.15. The van der Waals surface area contributed by atoms with Gasteiger partial charge in [0.25, 0.3) is 0 Å². The quantitative estimate of drug-likeness (QED) is 0.824. The van der Waals surface area contributed by atoms with E-state index in [9.17, 15) is 0 Å². The Morgan fingerprint density at radius 2 is 1.86 bits per heavy atom. The predicted molar refractivity (Wildman–Crippen MR) is 90.5 cm³/mol. The fraction of sp³-hybridized carbons (Fsp3) is 0.312. The maximum atomic E-state index is 5.93. The van der Waals surface area contributed by atoms with Gasteiger partial charge in [-0.2, -0.15) is 4.98 Å². The van der Waals surface area contributed by atoms with E-state index in [2.05, 4.69) is 16.4 Å². The number of ether oxygens (including phenoxy) is 1. The van der Waals surface area contributed by atoms with Gasteiger partial charge >= 0.3 is 0 Å². The van der Waals surface area contributed by atoms with E-state index in [-0.39, 0.29) is 5.60 Å². The molecule has 0 saturated carbocycles. The van der Waals surface area contributed by atoms with Crippen LogP contribution in [0, 0.1) is 0 Å². The molecule has 0 aliphatic heterocycles. The van der Waals surface area contributed by atoms with Crippen molar-refractivity contribution in [3.05, 3.63) is 36.4 Å². The first-order chi connectivity index (χ1) is 9.89. The molecule has 112 valence electrons. The molecule has 2 aromatic rings. The second kappa shape index (κ2) is 6.26. The Morgan fingerprint density at radius 1 is 1.14 bits per heavy atom. The average molecular weight is 303 g/mol. The number of pyridine rings is 1. The van der Waals surface area contributed by atoms with Crippen LogP contribution in [0.4, 0.5) is 17.2 Å². The molecule has 0 spiro atoms. The van der Waals surface area contributed by atoms with E-state index >= 15 is 0 Å². The second-order valence-corrected chi connectivity index (χ2v) is 6.48. The number of nitrogen functional groups attached to an aromatic ring is 1. The van der Waals surface area contributed by atoms with Gasteiger partial charge < -0.3 is 15.8 Å². The second-order valence-electron chi connectivity index (χ2n) is 5.63. The number of rotatable bonds is 4. The van der Waals surface area contributed by atoms with Crippen LogP contribution in [-0.2, 0) is 0 Å². The molecule has 0 aliphatic carbocycles. The van der Waals surface area contributed by atoms with Gasteiger partial charge in [-0.25, -0.2) is 0 Å². The molecule has 4 nitrogen and oxygen atoms in total. The summed E-state index contributed by atoms with van der Waals surface area (Å²) < 4.78 is 5.79. The Labute approximate surface area is 130 Å². The topological polar surface area (TPSA) is 60.2 Å². The molecule has 1 aromatic heterocycles. The first-order valence-electron chi connectivity index (χ1n) is 6.74. The van der Waals surface area contributed by atoms with E-state index in [0.29, 0.717) is 17.4 Å². The summed E-state index contributed by atoms with van der Waals surface area (Å²) in [6.45, 7) is 5.91. The molecule has 3 N–H and O–H groups in total. The van der Waals surface area contributed by atoms with E-state index < -0.39 is 0 Å². The van der Waals surface area contributed by atoms with Gasteiger partial charge in [-0.15, -0.1) is 11.8 Å². The first-order valence-corrected chi connectivity index (χ1v) is 7.97. The molecule has 0 amide bonds. The molecule has 5 heteroatoms. The number of thioether (sulfide) groups is 1. The lowest BCUT2D eigenvalue weighted by Gasteiger charge is -2.22. The van der Waals surface area contributed by atoms with Crippen molar-refractivity contribution in [2.24, 2.45) is 0 Å². The van der Waals surface area contributed by atoms with E-state index in [1.54, 1.807) is 17.8 Å². The molecule has 0 unspecified atom stereocenters. The van der Waals surface area contributed by atoms with Crippen LogP contribution in [0.25, 0.3) is 0 Å². The third kappa shape index (κ3) is 4.29. The van der Waals surface area contributed by atoms with E-state index in [1.807, 2.05) is 51.3 Å². The highest BCUT2D eigenvalue weighted by Crippen LogP contribution is 2.30. The molecule has 21 heavy (non-hydrogen) atoms. The highest BCUT2D eigenvalue weighted by atomic mass is 32.2. The maximum absolute atomic E-state index is 5.93. The predicted octanol–water partition coefficient (Wildman–Crippen LogP) is 4.31. The van der Waals surface area contributed by atoms with Gasteiger partial charge in [0.15, 0.2) is 0 Å². The molecule has 1 heterocycles. The summed E-state index contributed by atoms with van der Waals surface area (Å²) in [5.41, 5.74) is 7.14. The number of para-hydroxylation sites is 1. The van der Waals surface area contributed by atoms with Crippen LogP contribution in [-0.4, -0.2) is 16.8 Å². The smallest absolute Gasteiger partial charge is 0.239 e. The van der Waals surface area contributed by atoms with Gasteiger partial charge in [0.05, 0.1) is 11.4 Å². The van der Waals surface area contributed by atoms with Gasteiger partial charge in [0.1, 0.15) is 11.4 Å². The van der Waals surface area contributed by atoms with Crippen LogP contribution >= 0.6 is 11.8 Å². The zero-order valence-corrected chi connectivity index (χ0v) is 13.6. The Hall–Kier alpha value is -1.88. The van der Waals surface area contributed by atoms with Crippen molar-refractivity contribution in [3.8, 4) is 5.88 Å². The van der Waals surface area contributed by atoms with Crippen LogP contribution in [0.15, 0.2) is 41.3 Å². The van der Waals surface area contributed by atoms with Gasteiger partial charge in [-0.05, 0) is 51.3 Å². The van der Waals surface area contributed by atoms with Gasteiger partial charge in [0, 0.05) is 4.90 Å². The third-order valence-electron chi connectivity index (χ3n) is 2.66. The van der Waals surface area contributed by atoms with Gasteiger partial charge in [-0.3, -0.25) is 0 Å². The number of benzene rings is 1. The number of nitrogens with zero attached hydrogens (tertiary/aromatic N) is 1. The summed E-state index contributed by atoms with van der Waals surface area (Å²) in [5, 5.41) is 3.31. The fourth-order valence-corrected chi connectivity index (χ4v) is 2.33. The number of aromatic nitrogens is 1. The average Bonchev–Trinajstić information content (AvgIpc) is 2.41. The van der Waals surface area contributed by atoms with Crippen LogP contribution in [0.1, 0.15) is 20.8 Å². The highest BCUT2D eigenvalue weighted by molar-refractivity contribution is 7.98. The Kier molecular flexibility index (Phi) is 4.63. The summed E-state index contributed by atoms with van der Waals surface area (Å²) >= 11 is 1.69. The minimum Gasteiger partial charge on any atom is -0.470 e. The first kappa shape index (κ1) is 15.5. The third-order valence-corrected chi connectivity index (χ3v) is 3.46. The largest absolute Gasteiger partial charge is 0.470 e. The van der Waals surface area contributed by atoms with Crippen molar-refractivity contribution in [1.29, 1.82) is 0 Å². The number of hydrogen-bond acceptors (Lipinski definition) is 5. The van der Waals surface area contributed by atoms with Crippen molar-refractivity contribution in [3.63, 3.8) is 0 Å². The Bertz CT molecular complexity index is 623. The number of nitrogens with two attached hydrogens (primary N) is 1. The Balaban J connectivity index is 2.27. The summed E-state index contributed by atoms with van der Waals surface area (Å²) in [7, 11) is 0. The van der Waals surface area contributed by atoms with Crippen LogP contribution in [0.3, 0.4) is 0 Å². The lowest BCUT2D eigenvalue weighted by molar-refractivity contribution is 0.125. The zero-order chi connectivity index (χ0) is 15.5. The molecule has 0 atom stereocenters. The fourth-order valence-electron chi connectivity index (χ4n) is 1.78. The van der Waals surface area contributed by atoms with Gasteiger partial charge in [-0.1, -0.05) is 12.1 Å². The summed E-state index contributed by atoms with van der Waals surface area (Å²) in [6.07, 6.45) is 2.05. The Morgan fingerprint density at radius 3 is 2.52 bits per heavy atom. The summed E-state index contributed by atoms with van der Waals surface area (Å²) in [4.78, 5) is 5.62. The van der Waals surface area contributed by atoms with Gasteiger partial charge in [0.2, 0.25) is 5.88 Å². The van der Waals surface area contributed by atoms with Crippen LogP contribution in [0.5, 0.6) is 5.88 Å². The number of nitrogens with one attached hydrogen (secondary N) is 1. The van der Waals surface area contributed by atoms with Crippen molar-refractivity contribution < 1.29 is 4.74 Å². The molecular weight excluding hydrogens is 282 g/mol. The lowest BCUT2D eigenvalue weighted by Crippen LogP contribution is -2.24. The van der Waals surface area contributed by atoms with Crippen LogP contribution in [0.2, 0.25) is 0 Å². The normalized spacial score (nSPS) is 11.2. The molecule has 1 aromatic carbocycles. The van der Waals surface area contributed by atoms with Crippen molar-refractivity contribution in [1.82, 2.24) is 4.98 Å². The lowest BCUT2D eigenvalue weighted by atomic mass is 10.2. The SMILES string of the molecule is CSc1ccccc1Nc1ccc(N)c(OC(C)(C)C)n1. The summed E-state index contributed by atoms with van der Waals surface area (Å²) in [6, 6.07) is 11.7. The number of hydrogen-bond donors (Lipinski definition) is 2. The molecule has 2 rings (SSSR count). The zero-order valence-electron chi connectivity index (χ0n) is 12.8. The van der Waals surface area contributed by atoms with Crippen LogP contribution < -0.4 is 15.8 Å². The monoisotopic (exact) mass is 303 g/mol. The van der Waals surface area contributed by atoms with E-state index in [1.165, 1.54) is 0 Å².